The van der Waals surface area contributed by atoms with Crippen LogP contribution >= 0.6 is 11.6 Å². The number of methoxy groups -OCH3 is 1. The van der Waals surface area contributed by atoms with Crippen molar-refractivity contribution in [2.75, 3.05) is 7.11 Å². The van der Waals surface area contributed by atoms with Gasteiger partial charge in [0.1, 0.15) is 0 Å². The van der Waals surface area contributed by atoms with Crippen LogP contribution in [-0.2, 0) is 26.0 Å². The van der Waals surface area contributed by atoms with Crippen molar-refractivity contribution in [3.05, 3.63) is 64.7 Å². The van der Waals surface area contributed by atoms with E-state index in [0.29, 0.717) is 5.02 Å². The first kappa shape index (κ1) is 20.8. The van der Waals surface area contributed by atoms with E-state index in [1.165, 1.54) is 19.2 Å². The third-order valence-electron chi connectivity index (χ3n) is 5.18. The number of nitrogens with one attached hydrogen (secondary N) is 1. The number of ether oxygens (including phenoxy) is 1. The minimum atomic E-state index is -3.61. The van der Waals surface area contributed by atoms with Gasteiger partial charge in [0.05, 0.1) is 18.4 Å². The molecule has 150 valence electrons. The van der Waals surface area contributed by atoms with Gasteiger partial charge in [0, 0.05) is 17.0 Å². The second-order valence-electron chi connectivity index (χ2n) is 7.07. The molecule has 1 saturated carbocycles. The summed E-state index contributed by atoms with van der Waals surface area (Å²) in [5.74, 6) is -0.179. The van der Waals surface area contributed by atoms with Crippen molar-refractivity contribution < 1.29 is 17.9 Å². The van der Waals surface area contributed by atoms with Gasteiger partial charge in [-0.2, -0.15) is 0 Å². The van der Waals surface area contributed by atoms with Gasteiger partial charge in [-0.3, -0.25) is 4.79 Å². The maximum absolute atomic E-state index is 12.8. The Hall–Kier alpha value is -1.89. The SMILES string of the molecule is COC(=O)Cc1ccc([C@@H]2CCCC[C@H]2NS(=O)(=O)c2ccc(Cl)cc2)cc1. The Labute approximate surface area is 171 Å². The molecule has 2 atom stereocenters. The van der Waals surface area contributed by atoms with Gasteiger partial charge in [0.25, 0.3) is 0 Å². The number of carbonyl (C=O) groups is 1. The number of hydrogen-bond donors (Lipinski definition) is 1. The van der Waals surface area contributed by atoms with E-state index in [2.05, 4.69) is 4.72 Å². The molecule has 0 aromatic heterocycles. The van der Waals surface area contributed by atoms with Gasteiger partial charge in [0.2, 0.25) is 10.0 Å². The first-order valence-electron chi connectivity index (χ1n) is 9.32. The van der Waals surface area contributed by atoms with Gasteiger partial charge >= 0.3 is 5.97 Å². The quantitative estimate of drug-likeness (QED) is 0.714. The van der Waals surface area contributed by atoms with E-state index in [9.17, 15) is 13.2 Å². The van der Waals surface area contributed by atoms with Crippen LogP contribution in [0.2, 0.25) is 5.02 Å². The van der Waals surface area contributed by atoms with Crippen LogP contribution in [0.25, 0.3) is 0 Å². The predicted octanol–water partition coefficient (Wildman–Crippen LogP) is 4.06. The lowest BCUT2D eigenvalue weighted by Crippen LogP contribution is -2.40. The Morgan fingerprint density at radius 2 is 1.71 bits per heavy atom. The summed E-state index contributed by atoms with van der Waals surface area (Å²) in [6, 6.07) is 13.8. The van der Waals surface area contributed by atoms with Gasteiger partial charge in [-0.05, 0) is 48.2 Å². The molecule has 0 amide bonds. The van der Waals surface area contributed by atoms with Gasteiger partial charge < -0.3 is 4.74 Å². The molecule has 2 aromatic carbocycles. The Bertz CT molecular complexity index is 910. The summed E-state index contributed by atoms with van der Waals surface area (Å²) in [6.45, 7) is 0. The molecule has 1 fully saturated rings. The highest BCUT2D eigenvalue weighted by molar-refractivity contribution is 7.89. The number of sulfonamides is 1. The first-order chi connectivity index (χ1) is 13.4. The molecule has 0 unspecified atom stereocenters. The third-order valence-corrected chi connectivity index (χ3v) is 6.94. The number of esters is 1. The second-order valence-corrected chi connectivity index (χ2v) is 9.22. The molecule has 0 bridgehead atoms. The average molecular weight is 422 g/mol. The molecule has 0 radical (unpaired) electrons. The fourth-order valence-electron chi connectivity index (χ4n) is 3.67. The van der Waals surface area contributed by atoms with Crippen molar-refractivity contribution in [1.29, 1.82) is 0 Å². The summed E-state index contributed by atoms with van der Waals surface area (Å²) >= 11 is 5.87. The Balaban J connectivity index is 1.77. The number of rotatable bonds is 6. The molecule has 7 heteroatoms. The molecule has 2 aromatic rings. The van der Waals surface area contributed by atoms with Crippen LogP contribution in [-0.4, -0.2) is 27.5 Å². The fraction of sp³-hybridized carbons (Fsp3) is 0.381. The molecule has 5 nitrogen and oxygen atoms in total. The van der Waals surface area contributed by atoms with Gasteiger partial charge in [-0.15, -0.1) is 0 Å². The van der Waals surface area contributed by atoms with E-state index in [0.717, 1.165) is 36.8 Å². The van der Waals surface area contributed by atoms with Gasteiger partial charge in [0.15, 0.2) is 0 Å². The maximum atomic E-state index is 12.8. The minimum Gasteiger partial charge on any atom is -0.469 e. The summed E-state index contributed by atoms with van der Waals surface area (Å²) in [5.41, 5.74) is 1.96. The van der Waals surface area contributed by atoms with Crippen LogP contribution in [0.1, 0.15) is 42.7 Å². The Morgan fingerprint density at radius 3 is 2.36 bits per heavy atom. The highest BCUT2D eigenvalue weighted by Crippen LogP contribution is 2.34. The van der Waals surface area contributed by atoms with Crippen LogP contribution in [0.15, 0.2) is 53.4 Å². The molecule has 1 aliphatic carbocycles. The monoisotopic (exact) mass is 421 g/mol. The van der Waals surface area contributed by atoms with E-state index in [1.54, 1.807) is 12.1 Å². The smallest absolute Gasteiger partial charge is 0.309 e. The standard InChI is InChI=1S/C21H24ClNO4S/c1-27-21(24)14-15-6-8-16(9-7-15)19-4-2-3-5-20(19)23-28(25,26)18-12-10-17(22)11-13-18/h6-13,19-20,23H,2-5,14H2,1H3/t19-,20+/m0/s1. The fourth-order valence-corrected chi connectivity index (χ4v) is 5.11. The van der Waals surface area contributed by atoms with Crippen LogP contribution < -0.4 is 4.72 Å². The predicted molar refractivity (Wildman–Crippen MR) is 109 cm³/mol. The first-order valence-corrected chi connectivity index (χ1v) is 11.2. The van der Waals surface area contributed by atoms with E-state index in [-0.39, 0.29) is 29.2 Å². The topological polar surface area (TPSA) is 72.5 Å². The molecule has 1 N–H and O–H groups in total. The molecule has 28 heavy (non-hydrogen) atoms. The average Bonchev–Trinajstić information content (AvgIpc) is 2.69. The third kappa shape index (κ3) is 5.13. The van der Waals surface area contributed by atoms with Crippen molar-refractivity contribution in [3.63, 3.8) is 0 Å². The second kappa shape index (κ2) is 9.07. The Morgan fingerprint density at radius 1 is 1.07 bits per heavy atom. The zero-order chi connectivity index (χ0) is 20.1. The number of hydrogen-bond acceptors (Lipinski definition) is 4. The Kier molecular flexibility index (Phi) is 6.75. The molecule has 0 saturated heterocycles. The van der Waals surface area contributed by atoms with Gasteiger partial charge in [-0.25, -0.2) is 13.1 Å². The van der Waals surface area contributed by atoms with Crippen LogP contribution in [0.4, 0.5) is 0 Å². The largest absolute Gasteiger partial charge is 0.469 e. The zero-order valence-electron chi connectivity index (χ0n) is 15.7. The lowest BCUT2D eigenvalue weighted by molar-refractivity contribution is -0.139. The van der Waals surface area contributed by atoms with E-state index < -0.39 is 10.0 Å². The minimum absolute atomic E-state index is 0.100. The lowest BCUT2D eigenvalue weighted by Gasteiger charge is -2.32. The van der Waals surface area contributed by atoms with Gasteiger partial charge in [-0.1, -0.05) is 48.7 Å². The highest BCUT2D eigenvalue weighted by Gasteiger charge is 2.30. The molecular weight excluding hydrogens is 398 g/mol. The van der Waals surface area contributed by atoms with Crippen LogP contribution in [0.5, 0.6) is 0 Å². The van der Waals surface area contributed by atoms with Crippen molar-refractivity contribution in [1.82, 2.24) is 4.72 Å². The maximum Gasteiger partial charge on any atom is 0.309 e. The normalized spacial score (nSPS) is 19.9. The number of carbonyl (C=O) groups excluding carboxylic acids is 1. The lowest BCUT2D eigenvalue weighted by atomic mass is 9.80. The molecular formula is C21H24ClNO4S. The van der Waals surface area contributed by atoms with Crippen molar-refractivity contribution in [3.8, 4) is 0 Å². The number of halogens is 1. The summed E-state index contributed by atoms with van der Waals surface area (Å²) in [7, 11) is -2.24. The van der Waals surface area contributed by atoms with Crippen molar-refractivity contribution in [2.24, 2.45) is 0 Å². The number of benzene rings is 2. The van der Waals surface area contributed by atoms with Crippen molar-refractivity contribution >= 4 is 27.6 Å². The molecule has 0 spiro atoms. The van der Waals surface area contributed by atoms with E-state index in [1.807, 2.05) is 24.3 Å². The summed E-state index contributed by atoms with van der Waals surface area (Å²) in [5, 5.41) is 0.501. The van der Waals surface area contributed by atoms with Crippen LogP contribution in [0, 0.1) is 0 Å². The summed E-state index contributed by atoms with van der Waals surface area (Å²) < 4.78 is 33.2. The van der Waals surface area contributed by atoms with Crippen molar-refractivity contribution in [2.45, 2.75) is 49.0 Å². The highest BCUT2D eigenvalue weighted by atomic mass is 35.5. The summed E-state index contributed by atoms with van der Waals surface area (Å²) in [4.78, 5) is 11.6. The van der Waals surface area contributed by atoms with Crippen LogP contribution in [0.3, 0.4) is 0 Å². The van der Waals surface area contributed by atoms with E-state index in [4.69, 9.17) is 16.3 Å². The molecule has 1 aliphatic rings. The molecule has 3 rings (SSSR count). The van der Waals surface area contributed by atoms with E-state index >= 15 is 0 Å². The summed E-state index contributed by atoms with van der Waals surface area (Å²) in [6.07, 6.45) is 4.00. The molecule has 0 aliphatic heterocycles. The zero-order valence-corrected chi connectivity index (χ0v) is 17.3. The molecule has 0 heterocycles.